The highest BCUT2D eigenvalue weighted by molar-refractivity contribution is 5.92. The summed E-state index contributed by atoms with van der Waals surface area (Å²) in [6, 6.07) is 5.08. The molecule has 3 N–H and O–H groups in total. The quantitative estimate of drug-likeness (QED) is 0.708. The van der Waals surface area contributed by atoms with Crippen LogP contribution in [0.5, 0.6) is 11.5 Å². The molecule has 1 aromatic carbocycles. The van der Waals surface area contributed by atoms with Gasteiger partial charge >= 0.3 is 0 Å². The van der Waals surface area contributed by atoms with Crippen molar-refractivity contribution in [3.05, 3.63) is 30.4 Å². The van der Waals surface area contributed by atoms with Crippen LogP contribution in [0.25, 0.3) is 0 Å². The van der Waals surface area contributed by atoms with Crippen LogP contribution in [0.2, 0.25) is 0 Å². The fourth-order valence-electron chi connectivity index (χ4n) is 1.85. The zero-order valence-electron chi connectivity index (χ0n) is 12.7. The number of nitrogens with one attached hydrogen (secondary N) is 3. The van der Waals surface area contributed by atoms with Crippen LogP contribution in [-0.4, -0.2) is 41.9 Å². The van der Waals surface area contributed by atoms with Gasteiger partial charge in [-0.15, -0.1) is 0 Å². The van der Waals surface area contributed by atoms with Gasteiger partial charge in [0.05, 0.1) is 26.8 Å². The zero-order chi connectivity index (χ0) is 15.9. The fourth-order valence-corrected chi connectivity index (χ4v) is 1.85. The lowest BCUT2D eigenvalue weighted by atomic mass is 10.2. The molecule has 0 bridgehead atoms. The first-order chi connectivity index (χ1) is 10.6. The molecule has 0 aliphatic carbocycles. The lowest BCUT2D eigenvalue weighted by Gasteiger charge is -2.12. The monoisotopic (exact) mass is 305 g/mol. The molecular formula is C14H19N5O3. The van der Waals surface area contributed by atoms with E-state index in [1.54, 1.807) is 32.4 Å². The lowest BCUT2D eigenvalue weighted by Crippen LogP contribution is -2.30. The number of H-pyrrole nitrogens is 1. The Kier molecular flexibility index (Phi) is 5.31. The van der Waals surface area contributed by atoms with Crippen LogP contribution in [-0.2, 0) is 4.79 Å². The highest BCUT2D eigenvalue weighted by Crippen LogP contribution is 2.25. The van der Waals surface area contributed by atoms with Crippen molar-refractivity contribution in [1.29, 1.82) is 0 Å². The Morgan fingerprint density at radius 1 is 1.27 bits per heavy atom. The minimum absolute atomic E-state index is 0.104. The van der Waals surface area contributed by atoms with Crippen LogP contribution < -0.4 is 20.1 Å². The minimum atomic E-state index is -0.179. The molecule has 2 aromatic rings. The second-order valence-electron chi connectivity index (χ2n) is 4.62. The predicted molar refractivity (Wildman–Crippen MR) is 81.0 cm³/mol. The largest absolute Gasteiger partial charge is 0.497 e. The van der Waals surface area contributed by atoms with Gasteiger partial charge in [-0.2, -0.15) is 5.10 Å². The number of carbonyl (C=O) groups is 1. The Morgan fingerprint density at radius 3 is 2.50 bits per heavy atom. The minimum Gasteiger partial charge on any atom is -0.497 e. The summed E-state index contributed by atoms with van der Waals surface area (Å²) in [6.07, 6.45) is 1.43. The molecule has 0 spiro atoms. The summed E-state index contributed by atoms with van der Waals surface area (Å²) in [5.74, 6) is 1.72. The number of aromatic nitrogens is 3. The number of ether oxygens (including phenoxy) is 2. The molecule has 1 atom stereocenters. The van der Waals surface area contributed by atoms with Crippen molar-refractivity contribution in [3.63, 3.8) is 0 Å². The maximum absolute atomic E-state index is 12.0. The number of rotatable bonds is 7. The van der Waals surface area contributed by atoms with Crippen molar-refractivity contribution in [3.8, 4) is 11.5 Å². The first-order valence-electron chi connectivity index (χ1n) is 6.74. The van der Waals surface area contributed by atoms with Gasteiger partial charge in [0, 0.05) is 23.9 Å². The number of amides is 1. The standard InChI is InChI=1S/C14H19N5O3/c1-9(14-16-8-17-19-14)15-7-13(20)18-10-4-11(21-2)6-12(5-10)22-3/h4-6,8-9,15H,7H2,1-3H3,(H,18,20)(H,16,17,19). The molecule has 0 aliphatic rings. The molecule has 1 aromatic heterocycles. The van der Waals surface area contributed by atoms with Crippen LogP contribution >= 0.6 is 0 Å². The number of anilines is 1. The van der Waals surface area contributed by atoms with E-state index in [0.29, 0.717) is 23.0 Å². The molecule has 2 rings (SSSR count). The second-order valence-corrected chi connectivity index (χ2v) is 4.62. The van der Waals surface area contributed by atoms with E-state index in [9.17, 15) is 4.79 Å². The first-order valence-corrected chi connectivity index (χ1v) is 6.74. The summed E-state index contributed by atoms with van der Waals surface area (Å²) < 4.78 is 10.3. The van der Waals surface area contributed by atoms with Crippen molar-refractivity contribution in [2.75, 3.05) is 26.1 Å². The molecular weight excluding hydrogens is 286 g/mol. The van der Waals surface area contributed by atoms with E-state index < -0.39 is 0 Å². The number of nitrogens with zero attached hydrogens (tertiary/aromatic N) is 2. The maximum atomic E-state index is 12.0. The molecule has 1 amide bonds. The van der Waals surface area contributed by atoms with Gasteiger partial charge in [0.1, 0.15) is 23.7 Å². The average molecular weight is 305 g/mol. The van der Waals surface area contributed by atoms with Crippen molar-refractivity contribution in [2.24, 2.45) is 0 Å². The summed E-state index contributed by atoms with van der Waals surface area (Å²) in [5.41, 5.74) is 0.607. The highest BCUT2D eigenvalue weighted by Gasteiger charge is 2.11. The number of hydrogen-bond acceptors (Lipinski definition) is 6. The summed E-state index contributed by atoms with van der Waals surface area (Å²) >= 11 is 0. The van der Waals surface area contributed by atoms with Crippen molar-refractivity contribution < 1.29 is 14.3 Å². The second kappa shape index (κ2) is 7.41. The van der Waals surface area contributed by atoms with Gasteiger partial charge < -0.3 is 14.8 Å². The van der Waals surface area contributed by atoms with Gasteiger partial charge in [0.25, 0.3) is 0 Å². The third-order valence-corrected chi connectivity index (χ3v) is 3.05. The molecule has 8 heteroatoms. The smallest absolute Gasteiger partial charge is 0.238 e. The van der Waals surface area contributed by atoms with E-state index in [2.05, 4.69) is 25.8 Å². The number of aromatic amines is 1. The van der Waals surface area contributed by atoms with E-state index in [1.807, 2.05) is 6.92 Å². The van der Waals surface area contributed by atoms with Gasteiger partial charge in [-0.1, -0.05) is 0 Å². The fraction of sp³-hybridized carbons (Fsp3) is 0.357. The van der Waals surface area contributed by atoms with Crippen molar-refractivity contribution in [2.45, 2.75) is 13.0 Å². The Labute approximate surface area is 128 Å². The van der Waals surface area contributed by atoms with Gasteiger partial charge in [-0.3, -0.25) is 15.2 Å². The van der Waals surface area contributed by atoms with Crippen molar-refractivity contribution in [1.82, 2.24) is 20.5 Å². The molecule has 0 saturated carbocycles. The topological polar surface area (TPSA) is 101 Å². The van der Waals surface area contributed by atoms with E-state index in [0.717, 1.165) is 0 Å². The van der Waals surface area contributed by atoms with Crippen LogP contribution in [0.1, 0.15) is 18.8 Å². The van der Waals surface area contributed by atoms with Gasteiger partial charge in [0.15, 0.2) is 0 Å². The third kappa shape index (κ3) is 4.19. The molecule has 1 unspecified atom stereocenters. The summed E-state index contributed by atoms with van der Waals surface area (Å²) in [4.78, 5) is 16.0. The Bertz CT molecular complexity index is 593. The van der Waals surface area contributed by atoms with E-state index in [4.69, 9.17) is 9.47 Å². The van der Waals surface area contributed by atoms with Crippen molar-refractivity contribution >= 4 is 11.6 Å². The van der Waals surface area contributed by atoms with Gasteiger partial charge in [-0.25, -0.2) is 4.98 Å². The summed E-state index contributed by atoms with van der Waals surface area (Å²) in [5, 5.41) is 12.4. The average Bonchev–Trinajstić information content (AvgIpc) is 3.06. The van der Waals surface area contributed by atoms with E-state index in [1.165, 1.54) is 6.33 Å². The number of hydrogen-bond donors (Lipinski definition) is 3. The molecule has 8 nitrogen and oxygen atoms in total. The molecule has 118 valence electrons. The third-order valence-electron chi connectivity index (χ3n) is 3.05. The Morgan fingerprint density at radius 2 is 1.95 bits per heavy atom. The molecule has 0 radical (unpaired) electrons. The number of methoxy groups -OCH3 is 2. The first kappa shape index (κ1) is 15.8. The highest BCUT2D eigenvalue weighted by atomic mass is 16.5. The van der Waals surface area contributed by atoms with Crippen LogP contribution in [0.15, 0.2) is 24.5 Å². The number of carbonyl (C=O) groups excluding carboxylic acids is 1. The predicted octanol–water partition coefficient (Wildman–Crippen LogP) is 1.11. The molecule has 0 aliphatic heterocycles. The molecule has 22 heavy (non-hydrogen) atoms. The molecule has 0 saturated heterocycles. The Balaban J connectivity index is 1.91. The maximum Gasteiger partial charge on any atom is 0.238 e. The van der Waals surface area contributed by atoms with Gasteiger partial charge in [-0.05, 0) is 6.92 Å². The summed E-state index contributed by atoms with van der Waals surface area (Å²) in [6.45, 7) is 2.03. The van der Waals surface area contributed by atoms with Crippen LogP contribution in [0.3, 0.4) is 0 Å². The van der Waals surface area contributed by atoms with Crippen LogP contribution in [0, 0.1) is 0 Å². The van der Waals surface area contributed by atoms with E-state index >= 15 is 0 Å². The SMILES string of the molecule is COc1cc(NC(=O)CNC(C)c2ncn[nH]2)cc(OC)c1. The normalized spacial score (nSPS) is 11.8. The number of benzene rings is 1. The van der Waals surface area contributed by atoms with Crippen LogP contribution in [0.4, 0.5) is 5.69 Å². The summed E-state index contributed by atoms with van der Waals surface area (Å²) in [7, 11) is 3.11. The van der Waals surface area contributed by atoms with E-state index in [-0.39, 0.29) is 18.5 Å². The lowest BCUT2D eigenvalue weighted by molar-refractivity contribution is -0.115. The molecule has 0 fully saturated rings. The molecule has 1 heterocycles. The zero-order valence-corrected chi connectivity index (χ0v) is 12.7. The van der Waals surface area contributed by atoms with Gasteiger partial charge in [0.2, 0.25) is 5.91 Å². The Hall–Kier alpha value is -2.61.